The SMILES string of the molecule is CCP(=O)(O)O[C@@H](Cc1ccccc1)C(=O)NCCC(=O)OCc1ccccc1. The number of amides is 1. The number of rotatable bonds is 11. The summed E-state index contributed by atoms with van der Waals surface area (Å²) in [5, 5.41) is 2.58. The molecule has 2 aromatic carbocycles. The molecule has 0 aromatic heterocycles. The molecule has 2 rings (SSSR count). The number of carbonyl (C=O) groups excluding carboxylic acids is 2. The van der Waals surface area contributed by atoms with Gasteiger partial charge in [0.15, 0.2) is 0 Å². The first-order valence-corrected chi connectivity index (χ1v) is 11.2. The molecule has 2 atom stereocenters. The third-order valence-corrected chi connectivity index (χ3v) is 5.50. The van der Waals surface area contributed by atoms with E-state index in [1.807, 2.05) is 48.5 Å². The first kappa shape index (κ1) is 22.8. The molecule has 29 heavy (non-hydrogen) atoms. The third-order valence-electron chi connectivity index (χ3n) is 4.12. The molecule has 8 heteroatoms. The van der Waals surface area contributed by atoms with E-state index in [4.69, 9.17) is 9.26 Å². The predicted molar refractivity (Wildman–Crippen MR) is 109 cm³/mol. The Kier molecular flexibility index (Phi) is 9.06. The predicted octanol–water partition coefficient (Wildman–Crippen LogP) is 3.07. The molecule has 0 spiro atoms. The van der Waals surface area contributed by atoms with Crippen LogP contribution < -0.4 is 5.32 Å². The highest BCUT2D eigenvalue weighted by atomic mass is 31.2. The van der Waals surface area contributed by atoms with E-state index < -0.39 is 25.6 Å². The van der Waals surface area contributed by atoms with Crippen LogP contribution in [0.15, 0.2) is 60.7 Å². The van der Waals surface area contributed by atoms with Crippen LogP contribution in [0, 0.1) is 0 Å². The van der Waals surface area contributed by atoms with Gasteiger partial charge in [-0.1, -0.05) is 67.6 Å². The molecule has 0 saturated heterocycles. The maximum Gasteiger partial charge on any atom is 0.328 e. The molecule has 0 aliphatic heterocycles. The Hall–Kier alpha value is -2.47. The molecule has 0 aliphatic rings. The van der Waals surface area contributed by atoms with Gasteiger partial charge in [0, 0.05) is 19.1 Å². The first-order chi connectivity index (χ1) is 13.9. The van der Waals surface area contributed by atoms with E-state index in [9.17, 15) is 19.0 Å². The molecular formula is C21H26NO6P. The van der Waals surface area contributed by atoms with Gasteiger partial charge in [0.1, 0.15) is 12.7 Å². The molecule has 0 fully saturated rings. The van der Waals surface area contributed by atoms with Gasteiger partial charge in [0.05, 0.1) is 6.42 Å². The van der Waals surface area contributed by atoms with E-state index in [2.05, 4.69) is 5.32 Å². The van der Waals surface area contributed by atoms with E-state index in [-0.39, 0.29) is 32.2 Å². The summed E-state index contributed by atoms with van der Waals surface area (Å²) < 4.78 is 22.3. The van der Waals surface area contributed by atoms with Crippen molar-refractivity contribution in [3.05, 3.63) is 71.8 Å². The van der Waals surface area contributed by atoms with Crippen LogP contribution in [0.3, 0.4) is 0 Å². The van der Waals surface area contributed by atoms with Gasteiger partial charge >= 0.3 is 13.6 Å². The van der Waals surface area contributed by atoms with Crippen LogP contribution in [-0.2, 0) is 36.4 Å². The Balaban J connectivity index is 1.84. The number of ether oxygens (including phenoxy) is 1. The normalized spacial score (nSPS) is 13.9. The number of benzene rings is 2. The minimum Gasteiger partial charge on any atom is -0.461 e. The average Bonchev–Trinajstić information content (AvgIpc) is 2.73. The van der Waals surface area contributed by atoms with Crippen molar-refractivity contribution in [3.8, 4) is 0 Å². The summed E-state index contributed by atoms with van der Waals surface area (Å²) in [6, 6.07) is 18.3. The summed E-state index contributed by atoms with van der Waals surface area (Å²) in [7, 11) is -3.87. The lowest BCUT2D eigenvalue weighted by Gasteiger charge is -2.20. The summed E-state index contributed by atoms with van der Waals surface area (Å²) in [5.74, 6) is -0.997. The fourth-order valence-electron chi connectivity index (χ4n) is 2.49. The maximum atomic E-state index is 12.5. The molecular weight excluding hydrogens is 393 g/mol. The van der Waals surface area contributed by atoms with Crippen molar-refractivity contribution in [2.24, 2.45) is 0 Å². The van der Waals surface area contributed by atoms with Crippen molar-refractivity contribution in [3.63, 3.8) is 0 Å². The lowest BCUT2D eigenvalue weighted by molar-refractivity contribution is -0.144. The molecule has 0 radical (unpaired) electrons. The van der Waals surface area contributed by atoms with Crippen molar-refractivity contribution in [1.29, 1.82) is 0 Å². The minimum absolute atomic E-state index is 0.0127. The van der Waals surface area contributed by atoms with Gasteiger partial charge in [-0.25, -0.2) is 0 Å². The Morgan fingerprint density at radius 2 is 1.62 bits per heavy atom. The van der Waals surface area contributed by atoms with E-state index in [0.29, 0.717) is 0 Å². The molecule has 2 N–H and O–H groups in total. The molecule has 0 aliphatic carbocycles. The van der Waals surface area contributed by atoms with Gasteiger partial charge in [-0.3, -0.25) is 18.7 Å². The third kappa shape index (κ3) is 8.60. The van der Waals surface area contributed by atoms with Crippen molar-refractivity contribution in [2.45, 2.75) is 32.5 Å². The molecule has 0 saturated carbocycles. The lowest BCUT2D eigenvalue weighted by atomic mass is 10.1. The fraction of sp³-hybridized carbons (Fsp3) is 0.333. The summed E-state index contributed by atoms with van der Waals surface area (Å²) in [5.41, 5.74) is 1.67. The van der Waals surface area contributed by atoms with Gasteiger partial charge in [0.2, 0.25) is 5.91 Å². The van der Waals surface area contributed by atoms with Crippen LogP contribution in [0.2, 0.25) is 0 Å². The van der Waals surface area contributed by atoms with Crippen LogP contribution in [0.25, 0.3) is 0 Å². The second-order valence-corrected chi connectivity index (χ2v) is 8.54. The summed E-state index contributed by atoms with van der Waals surface area (Å²) in [4.78, 5) is 34.1. The second-order valence-electron chi connectivity index (χ2n) is 6.42. The standard InChI is InChI=1S/C21H26NO6P/c1-2-29(25,26)28-19(15-17-9-5-3-6-10-17)21(24)22-14-13-20(23)27-16-18-11-7-4-8-12-18/h3-12,19H,2,13-16H2,1H3,(H,22,24)(H,25,26)/t19-/m0/s1. The number of nitrogens with one attached hydrogen (secondary N) is 1. The van der Waals surface area contributed by atoms with Crippen LogP contribution in [-0.4, -0.2) is 35.6 Å². The zero-order valence-corrected chi connectivity index (χ0v) is 17.2. The van der Waals surface area contributed by atoms with Gasteiger partial charge in [-0.15, -0.1) is 0 Å². The Morgan fingerprint density at radius 1 is 1.03 bits per heavy atom. The van der Waals surface area contributed by atoms with Crippen LogP contribution in [0.5, 0.6) is 0 Å². The van der Waals surface area contributed by atoms with Crippen molar-refractivity contribution in [2.75, 3.05) is 12.7 Å². The molecule has 156 valence electrons. The Morgan fingerprint density at radius 3 is 2.21 bits per heavy atom. The lowest BCUT2D eigenvalue weighted by Crippen LogP contribution is -2.38. The summed E-state index contributed by atoms with van der Waals surface area (Å²) in [6.45, 7) is 1.72. The van der Waals surface area contributed by atoms with Crippen LogP contribution in [0.1, 0.15) is 24.5 Å². The van der Waals surface area contributed by atoms with Crippen molar-refractivity contribution < 1.29 is 28.3 Å². The summed E-state index contributed by atoms with van der Waals surface area (Å²) >= 11 is 0. The number of hydrogen-bond donors (Lipinski definition) is 2. The highest BCUT2D eigenvalue weighted by molar-refractivity contribution is 7.52. The number of esters is 1. The zero-order chi connectivity index (χ0) is 21.1. The van der Waals surface area contributed by atoms with E-state index in [0.717, 1.165) is 11.1 Å². The largest absolute Gasteiger partial charge is 0.461 e. The van der Waals surface area contributed by atoms with Crippen LogP contribution in [0.4, 0.5) is 0 Å². The van der Waals surface area contributed by atoms with Crippen molar-refractivity contribution >= 4 is 19.5 Å². The first-order valence-electron chi connectivity index (χ1n) is 9.41. The summed E-state index contributed by atoms with van der Waals surface area (Å²) in [6.07, 6.45) is -1.10. The van der Waals surface area contributed by atoms with Gasteiger partial charge in [-0.05, 0) is 11.1 Å². The smallest absolute Gasteiger partial charge is 0.328 e. The Bertz CT molecular complexity index is 828. The molecule has 2 aromatic rings. The van der Waals surface area contributed by atoms with E-state index in [1.54, 1.807) is 12.1 Å². The minimum atomic E-state index is -3.87. The quantitative estimate of drug-likeness (QED) is 0.429. The number of hydrogen-bond acceptors (Lipinski definition) is 5. The van der Waals surface area contributed by atoms with Gasteiger partial charge in [-0.2, -0.15) is 0 Å². The number of carbonyl (C=O) groups is 2. The van der Waals surface area contributed by atoms with Gasteiger partial charge in [0.25, 0.3) is 0 Å². The van der Waals surface area contributed by atoms with Crippen molar-refractivity contribution in [1.82, 2.24) is 5.32 Å². The Labute approximate surface area is 170 Å². The monoisotopic (exact) mass is 419 g/mol. The second kappa shape index (κ2) is 11.5. The fourth-order valence-corrected chi connectivity index (χ4v) is 3.21. The molecule has 0 bridgehead atoms. The van der Waals surface area contributed by atoms with E-state index >= 15 is 0 Å². The average molecular weight is 419 g/mol. The topological polar surface area (TPSA) is 102 Å². The molecule has 0 heterocycles. The van der Waals surface area contributed by atoms with Gasteiger partial charge < -0.3 is 14.9 Å². The zero-order valence-electron chi connectivity index (χ0n) is 16.3. The molecule has 7 nitrogen and oxygen atoms in total. The maximum absolute atomic E-state index is 12.5. The molecule has 1 unspecified atom stereocenters. The van der Waals surface area contributed by atoms with Crippen LogP contribution >= 0.6 is 7.60 Å². The highest BCUT2D eigenvalue weighted by Crippen LogP contribution is 2.43. The molecule has 1 amide bonds. The van der Waals surface area contributed by atoms with E-state index in [1.165, 1.54) is 6.92 Å². The highest BCUT2D eigenvalue weighted by Gasteiger charge is 2.28.